The molecule has 2 atom stereocenters. The molecule has 0 amide bonds. The number of rotatable bonds is 5. The van der Waals surface area contributed by atoms with Crippen molar-refractivity contribution in [3.63, 3.8) is 0 Å². The number of carbonyl (C=O) groups is 1. The number of esters is 1. The second-order valence-corrected chi connectivity index (χ2v) is 6.82. The van der Waals surface area contributed by atoms with Crippen molar-refractivity contribution in [2.45, 2.75) is 54.2 Å². The van der Waals surface area contributed by atoms with Crippen LogP contribution >= 0.6 is 22.6 Å². The van der Waals surface area contributed by atoms with Gasteiger partial charge in [-0.15, -0.1) is 0 Å². The highest BCUT2D eigenvalue weighted by molar-refractivity contribution is 14.1. The molecular formula is C13H22INO3. The van der Waals surface area contributed by atoms with E-state index in [1.807, 2.05) is 0 Å². The number of halogens is 1. The topological polar surface area (TPSA) is 47.6 Å². The summed E-state index contributed by atoms with van der Waals surface area (Å²) in [6.07, 6.45) is 7.79. The minimum absolute atomic E-state index is 0.116. The molecule has 2 rings (SSSR count). The van der Waals surface area contributed by atoms with Gasteiger partial charge < -0.3 is 14.8 Å². The zero-order valence-electron chi connectivity index (χ0n) is 10.9. The van der Waals surface area contributed by atoms with E-state index in [4.69, 9.17) is 9.47 Å². The van der Waals surface area contributed by atoms with E-state index in [0.29, 0.717) is 12.6 Å². The first-order valence-electron chi connectivity index (χ1n) is 6.76. The molecule has 0 aromatic heterocycles. The van der Waals surface area contributed by atoms with Gasteiger partial charge in [-0.3, -0.25) is 4.79 Å². The Morgan fingerprint density at radius 1 is 1.50 bits per heavy atom. The van der Waals surface area contributed by atoms with E-state index < -0.39 is 0 Å². The van der Waals surface area contributed by atoms with Crippen LogP contribution in [0.4, 0.5) is 0 Å². The molecule has 18 heavy (non-hydrogen) atoms. The van der Waals surface area contributed by atoms with Gasteiger partial charge in [0.15, 0.2) is 0 Å². The molecule has 0 aromatic rings. The SMILES string of the molecule is COC(=O)C(I)CNCC1CCC2(CCCC2)O1. The fourth-order valence-corrected chi connectivity index (χ4v) is 3.57. The quantitative estimate of drug-likeness (QED) is 0.459. The first-order valence-corrected chi connectivity index (χ1v) is 8.00. The lowest BCUT2D eigenvalue weighted by Crippen LogP contribution is -2.36. The molecule has 1 N–H and O–H groups in total. The molecular weight excluding hydrogens is 345 g/mol. The van der Waals surface area contributed by atoms with E-state index in [2.05, 4.69) is 27.9 Å². The van der Waals surface area contributed by atoms with Crippen molar-refractivity contribution in [3.05, 3.63) is 0 Å². The second-order valence-electron chi connectivity index (χ2n) is 5.32. The maximum atomic E-state index is 11.2. The summed E-state index contributed by atoms with van der Waals surface area (Å²) in [4.78, 5) is 11.2. The minimum Gasteiger partial charge on any atom is -0.468 e. The molecule has 104 valence electrons. The molecule has 2 aliphatic rings. The minimum atomic E-state index is -0.164. The zero-order chi connectivity index (χ0) is 13.0. The Morgan fingerprint density at radius 2 is 2.22 bits per heavy atom. The monoisotopic (exact) mass is 367 g/mol. The van der Waals surface area contributed by atoms with E-state index in [9.17, 15) is 4.79 Å². The number of carbonyl (C=O) groups excluding carboxylic acids is 1. The molecule has 2 unspecified atom stereocenters. The lowest BCUT2D eigenvalue weighted by atomic mass is 9.98. The molecule has 0 bridgehead atoms. The number of ether oxygens (including phenoxy) is 2. The number of nitrogens with one attached hydrogen (secondary N) is 1. The summed E-state index contributed by atoms with van der Waals surface area (Å²) in [5.74, 6) is -0.164. The Balaban J connectivity index is 1.65. The van der Waals surface area contributed by atoms with Crippen LogP contribution in [-0.4, -0.2) is 41.8 Å². The van der Waals surface area contributed by atoms with Crippen LogP contribution in [0.5, 0.6) is 0 Å². The molecule has 4 nitrogen and oxygen atoms in total. The van der Waals surface area contributed by atoms with Crippen LogP contribution in [0.3, 0.4) is 0 Å². The number of alkyl halides is 1. The van der Waals surface area contributed by atoms with E-state index >= 15 is 0 Å². The summed E-state index contributed by atoms with van der Waals surface area (Å²) in [5.41, 5.74) is 0.207. The average Bonchev–Trinajstić information content (AvgIpc) is 2.99. The van der Waals surface area contributed by atoms with Gasteiger partial charge in [-0.1, -0.05) is 35.4 Å². The normalized spacial score (nSPS) is 27.6. The van der Waals surface area contributed by atoms with Crippen LogP contribution in [0, 0.1) is 0 Å². The number of hydrogen-bond acceptors (Lipinski definition) is 4. The Labute approximate surface area is 122 Å². The maximum Gasteiger partial charge on any atom is 0.319 e. The lowest BCUT2D eigenvalue weighted by molar-refractivity contribution is -0.139. The molecule has 1 saturated heterocycles. The van der Waals surface area contributed by atoms with Gasteiger partial charge in [0.25, 0.3) is 0 Å². The maximum absolute atomic E-state index is 11.2. The molecule has 0 aromatic carbocycles. The molecule has 1 heterocycles. The molecule has 2 fully saturated rings. The van der Waals surface area contributed by atoms with E-state index in [-0.39, 0.29) is 15.5 Å². The summed E-state index contributed by atoms with van der Waals surface area (Å²) in [6, 6.07) is 0. The molecule has 5 heteroatoms. The summed E-state index contributed by atoms with van der Waals surface area (Å²) in [6.45, 7) is 1.50. The molecule has 1 saturated carbocycles. The van der Waals surface area contributed by atoms with Crippen molar-refractivity contribution in [1.29, 1.82) is 0 Å². The number of methoxy groups -OCH3 is 1. The second kappa shape index (κ2) is 6.52. The Morgan fingerprint density at radius 3 is 2.89 bits per heavy atom. The van der Waals surface area contributed by atoms with Crippen molar-refractivity contribution < 1.29 is 14.3 Å². The standard InChI is InChI=1S/C13H22INO3/c1-17-12(16)11(14)9-15-8-10-4-7-13(18-10)5-2-3-6-13/h10-11,15H,2-9H2,1H3. The van der Waals surface area contributed by atoms with E-state index in [1.54, 1.807) is 0 Å². The van der Waals surface area contributed by atoms with Crippen LogP contribution in [-0.2, 0) is 14.3 Å². The van der Waals surface area contributed by atoms with Gasteiger partial charge >= 0.3 is 5.97 Å². The van der Waals surface area contributed by atoms with Crippen molar-refractivity contribution in [3.8, 4) is 0 Å². The highest BCUT2D eigenvalue weighted by atomic mass is 127. The predicted molar refractivity (Wildman–Crippen MR) is 78.0 cm³/mol. The van der Waals surface area contributed by atoms with Gasteiger partial charge in [-0.2, -0.15) is 0 Å². The highest BCUT2D eigenvalue weighted by Crippen LogP contribution is 2.43. The smallest absolute Gasteiger partial charge is 0.319 e. The Kier molecular flexibility index (Phi) is 5.26. The van der Waals surface area contributed by atoms with Gasteiger partial charge in [0, 0.05) is 13.1 Å². The zero-order valence-corrected chi connectivity index (χ0v) is 13.1. The van der Waals surface area contributed by atoms with Crippen molar-refractivity contribution in [2.24, 2.45) is 0 Å². The van der Waals surface area contributed by atoms with Gasteiger partial charge in [0.1, 0.15) is 3.92 Å². The first kappa shape index (κ1) is 14.5. The fourth-order valence-electron chi connectivity index (χ4n) is 3.01. The number of hydrogen-bond donors (Lipinski definition) is 1. The molecule has 1 aliphatic heterocycles. The fraction of sp³-hybridized carbons (Fsp3) is 0.923. The van der Waals surface area contributed by atoms with Crippen molar-refractivity contribution >= 4 is 28.6 Å². The van der Waals surface area contributed by atoms with Crippen LogP contribution < -0.4 is 5.32 Å². The van der Waals surface area contributed by atoms with E-state index in [0.717, 1.165) is 13.0 Å². The third-order valence-electron chi connectivity index (χ3n) is 4.01. The highest BCUT2D eigenvalue weighted by Gasteiger charge is 2.41. The predicted octanol–water partition coefficient (Wildman–Crippen LogP) is 2.04. The third kappa shape index (κ3) is 3.57. The Bertz CT molecular complexity index is 292. The average molecular weight is 367 g/mol. The van der Waals surface area contributed by atoms with Crippen LogP contribution in [0.25, 0.3) is 0 Å². The summed E-state index contributed by atoms with van der Waals surface area (Å²) in [5, 5.41) is 3.32. The van der Waals surface area contributed by atoms with Crippen LogP contribution in [0.2, 0.25) is 0 Å². The Hall–Kier alpha value is 0.120. The van der Waals surface area contributed by atoms with Crippen LogP contribution in [0.1, 0.15) is 38.5 Å². The lowest BCUT2D eigenvalue weighted by Gasteiger charge is -2.24. The summed E-state index contributed by atoms with van der Waals surface area (Å²) in [7, 11) is 1.43. The largest absolute Gasteiger partial charge is 0.468 e. The molecule has 1 spiro atoms. The van der Waals surface area contributed by atoms with Gasteiger partial charge in [-0.05, 0) is 25.7 Å². The first-order chi connectivity index (χ1) is 8.65. The van der Waals surface area contributed by atoms with Crippen LogP contribution in [0.15, 0.2) is 0 Å². The summed E-state index contributed by atoms with van der Waals surface area (Å²) < 4.78 is 10.8. The van der Waals surface area contributed by atoms with Crippen molar-refractivity contribution in [1.82, 2.24) is 5.32 Å². The summed E-state index contributed by atoms with van der Waals surface area (Å²) >= 11 is 2.11. The molecule has 0 radical (unpaired) electrons. The third-order valence-corrected chi connectivity index (χ3v) is 4.95. The van der Waals surface area contributed by atoms with Crippen molar-refractivity contribution in [2.75, 3.05) is 20.2 Å². The van der Waals surface area contributed by atoms with Gasteiger partial charge in [0.05, 0.1) is 18.8 Å². The molecule has 1 aliphatic carbocycles. The van der Waals surface area contributed by atoms with E-state index in [1.165, 1.54) is 39.2 Å². The van der Waals surface area contributed by atoms with Gasteiger partial charge in [-0.25, -0.2) is 0 Å². The van der Waals surface area contributed by atoms with Gasteiger partial charge in [0.2, 0.25) is 0 Å².